The Bertz CT molecular complexity index is 877. The molecule has 6 heteroatoms. The van der Waals surface area contributed by atoms with Crippen molar-refractivity contribution in [1.82, 2.24) is 0 Å². The number of benzene rings is 2. The molecule has 25 heavy (non-hydrogen) atoms. The van der Waals surface area contributed by atoms with Crippen LogP contribution >= 0.6 is 24.0 Å². The zero-order valence-electron chi connectivity index (χ0n) is 14.1. The van der Waals surface area contributed by atoms with Gasteiger partial charge < -0.3 is 9.47 Å². The second-order valence-corrected chi connectivity index (χ2v) is 7.14. The second-order valence-electron chi connectivity index (χ2n) is 5.46. The summed E-state index contributed by atoms with van der Waals surface area (Å²) < 4.78 is 11.2. The molecule has 0 N–H and O–H groups in total. The number of amides is 1. The lowest BCUT2D eigenvalue weighted by Gasteiger charge is -2.14. The van der Waals surface area contributed by atoms with E-state index in [-0.39, 0.29) is 5.91 Å². The van der Waals surface area contributed by atoms with Gasteiger partial charge >= 0.3 is 0 Å². The normalized spacial score (nSPS) is 15.8. The van der Waals surface area contributed by atoms with Crippen LogP contribution in [0.25, 0.3) is 6.08 Å². The molecule has 0 spiro atoms. The quantitative estimate of drug-likeness (QED) is 0.588. The van der Waals surface area contributed by atoms with Gasteiger partial charge in [0.25, 0.3) is 5.91 Å². The summed E-state index contributed by atoms with van der Waals surface area (Å²) >= 11 is 6.70. The summed E-state index contributed by atoms with van der Waals surface area (Å²) in [5.41, 5.74) is 2.63. The molecule has 2 aromatic rings. The van der Waals surface area contributed by atoms with Crippen molar-refractivity contribution in [3.8, 4) is 11.5 Å². The van der Waals surface area contributed by atoms with E-state index < -0.39 is 0 Å². The Morgan fingerprint density at radius 3 is 2.60 bits per heavy atom. The molecule has 1 fully saturated rings. The van der Waals surface area contributed by atoms with Crippen LogP contribution in [0.1, 0.15) is 11.1 Å². The minimum atomic E-state index is -0.134. The minimum Gasteiger partial charge on any atom is -0.497 e. The number of methoxy groups -OCH3 is 2. The van der Waals surface area contributed by atoms with Crippen molar-refractivity contribution in [3.63, 3.8) is 0 Å². The van der Waals surface area contributed by atoms with Crippen LogP contribution in [0.5, 0.6) is 11.5 Å². The molecule has 1 aliphatic heterocycles. The summed E-state index contributed by atoms with van der Waals surface area (Å²) in [6, 6.07) is 13.2. The van der Waals surface area contributed by atoms with E-state index in [1.165, 1.54) is 11.8 Å². The number of anilines is 1. The number of hydrogen-bond donors (Lipinski definition) is 0. The van der Waals surface area contributed by atoms with E-state index in [4.69, 9.17) is 21.7 Å². The summed E-state index contributed by atoms with van der Waals surface area (Å²) in [4.78, 5) is 15.0. The lowest BCUT2D eigenvalue weighted by Crippen LogP contribution is -2.27. The average molecular weight is 371 g/mol. The van der Waals surface area contributed by atoms with E-state index >= 15 is 0 Å². The van der Waals surface area contributed by atoms with Gasteiger partial charge in [0, 0.05) is 5.56 Å². The summed E-state index contributed by atoms with van der Waals surface area (Å²) in [7, 11) is 3.19. The maximum atomic E-state index is 12.9. The molecule has 0 unspecified atom stereocenters. The van der Waals surface area contributed by atoms with Crippen LogP contribution in [-0.2, 0) is 4.79 Å². The maximum Gasteiger partial charge on any atom is 0.270 e. The Kier molecular flexibility index (Phi) is 5.11. The Hall–Kier alpha value is -2.31. The van der Waals surface area contributed by atoms with Crippen LogP contribution in [0.3, 0.4) is 0 Å². The third-order valence-corrected chi connectivity index (χ3v) is 5.08. The Morgan fingerprint density at radius 2 is 1.92 bits per heavy atom. The molecule has 2 aromatic carbocycles. The molecule has 0 bridgehead atoms. The Morgan fingerprint density at radius 1 is 1.12 bits per heavy atom. The van der Waals surface area contributed by atoms with Crippen molar-refractivity contribution in [2.45, 2.75) is 6.92 Å². The number of carbonyl (C=O) groups excluding carboxylic acids is 1. The van der Waals surface area contributed by atoms with Gasteiger partial charge in [-0.05, 0) is 48.9 Å². The Labute approximate surface area is 156 Å². The van der Waals surface area contributed by atoms with Crippen molar-refractivity contribution >= 4 is 46.0 Å². The maximum absolute atomic E-state index is 12.9. The molecule has 0 radical (unpaired) electrons. The number of rotatable bonds is 4. The van der Waals surface area contributed by atoms with Crippen LogP contribution < -0.4 is 14.4 Å². The van der Waals surface area contributed by atoms with Crippen molar-refractivity contribution in [3.05, 3.63) is 58.5 Å². The number of thiocarbonyl (C=S) groups is 1. The molecular formula is C19H17NO3S2. The highest BCUT2D eigenvalue weighted by molar-refractivity contribution is 8.27. The summed E-state index contributed by atoms with van der Waals surface area (Å²) in [5.74, 6) is 1.23. The highest BCUT2D eigenvalue weighted by Gasteiger charge is 2.33. The van der Waals surface area contributed by atoms with Crippen molar-refractivity contribution < 1.29 is 14.3 Å². The van der Waals surface area contributed by atoms with E-state index in [9.17, 15) is 4.79 Å². The number of aryl methyl sites for hydroxylation is 1. The number of nitrogens with zero attached hydrogens (tertiary/aromatic N) is 1. The fourth-order valence-corrected chi connectivity index (χ4v) is 3.84. The fourth-order valence-electron chi connectivity index (χ4n) is 2.55. The van der Waals surface area contributed by atoms with Gasteiger partial charge in [-0.25, -0.2) is 0 Å². The summed E-state index contributed by atoms with van der Waals surface area (Å²) in [5, 5.41) is 0. The van der Waals surface area contributed by atoms with Crippen LogP contribution in [0, 0.1) is 6.92 Å². The molecule has 1 heterocycles. The summed E-state index contributed by atoms with van der Waals surface area (Å²) in [6.07, 6.45) is 1.79. The van der Waals surface area contributed by atoms with Gasteiger partial charge in [-0.15, -0.1) is 0 Å². The number of hydrogen-bond acceptors (Lipinski definition) is 5. The largest absolute Gasteiger partial charge is 0.497 e. The third kappa shape index (κ3) is 3.55. The standard InChI is InChI=1S/C19H17NO3S2/c1-12-5-4-6-14(9-12)20-18(21)17(25-19(20)24)11-13-10-15(22-2)7-8-16(13)23-3/h4-11H,1-3H3/b17-11-. The van der Waals surface area contributed by atoms with Crippen molar-refractivity contribution in [1.29, 1.82) is 0 Å². The average Bonchev–Trinajstić information content (AvgIpc) is 2.88. The minimum absolute atomic E-state index is 0.134. The lowest BCUT2D eigenvalue weighted by atomic mass is 10.1. The molecule has 0 aliphatic carbocycles. The number of thioether (sulfide) groups is 1. The highest BCUT2D eigenvalue weighted by Crippen LogP contribution is 2.37. The second kappa shape index (κ2) is 7.29. The van der Waals surface area contributed by atoms with Gasteiger partial charge in [-0.2, -0.15) is 0 Å². The van der Waals surface area contributed by atoms with E-state index in [1.54, 1.807) is 25.2 Å². The molecule has 4 nitrogen and oxygen atoms in total. The zero-order valence-corrected chi connectivity index (χ0v) is 15.7. The van der Waals surface area contributed by atoms with Gasteiger partial charge in [-0.1, -0.05) is 36.1 Å². The molecule has 128 valence electrons. The predicted octanol–water partition coefficient (Wildman–Crippen LogP) is 4.42. The van der Waals surface area contributed by atoms with E-state index in [0.717, 1.165) is 16.8 Å². The first-order valence-corrected chi connectivity index (χ1v) is 8.82. The van der Waals surface area contributed by atoms with Gasteiger partial charge in [0.05, 0.1) is 24.8 Å². The monoisotopic (exact) mass is 371 g/mol. The van der Waals surface area contributed by atoms with Crippen LogP contribution in [0.15, 0.2) is 47.4 Å². The molecule has 0 aromatic heterocycles. The van der Waals surface area contributed by atoms with Gasteiger partial charge in [0.2, 0.25) is 0 Å². The van der Waals surface area contributed by atoms with E-state index in [1.807, 2.05) is 49.4 Å². The van der Waals surface area contributed by atoms with Crippen LogP contribution in [0.2, 0.25) is 0 Å². The topological polar surface area (TPSA) is 38.8 Å². The molecule has 1 amide bonds. The zero-order chi connectivity index (χ0) is 18.0. The summed E-state index contributed by atoms with van der Waals surface area (Å²) in [6.45, 7) is 1.98. The van der Waals surface area contributed by atoms with Crippen molar-refractivity contribution in [2.24, 2.45) is 0 Å². The van der Waals surface area contributed by atoms with Crippen molar-refractivity contribution in [2.75, 3.05) is 19.1 Å². The SMILES string of the molecule is COc1ccc(OC)c(/C=C2\SC(=S)N(c3cccc(C)c3)C2=O)c1. The lowest BCUT2D eigenvalue weighted by molar-refractivity contribution is -0.113. The number of carbonyl (C=O) groups is 1. The third-order valence-electron chi connectivity index (χ3n) is 3.78. The van der Waals surface area contributed by atoms with Gasteiger partial charge in [0.15, 0.2) is 4.32 Å². The molecule has 1 saturated heterocycles. The van der Waals surface area contributed by atoms with Crippen LogP contribution in [0.4, 0.5) is 5.69 Å². The molecule has 0 atom stereocenters. The smallest absolute Gasteiger partial charge is 0.270 e. The highest BCUT2D eigenvalue weighted by atomic mass is 32.2. The van der Waals surface area contributed by atoms with E-state index in [0.29, 0.717) is 20.7 Å². The first-order valence-electron chi connectivity index (χ1n) is 7.60. The van der Waals surface area contributed by atoms with Gasteiger partial charge in [0.1, 0.15) is 11.5 Å². The molecule has 1 aliphatic rings. The van der Waals surface area contributed by atoms with Crippen LogP contribution in [-0.4, -0.2) is 24.4 Å². The molecule has 0 saturated carbocycles. The Balaban J connectivity index is 1.98. The number of ether oxygens (including phenoxy) is 2. The molecule has 3 rings (SSSR count). The first-order chi connectivity index (χ1) is 12.0. The molecular weight excluding hydrogens is 354 g/mol. The predicted molar refractivity (Wildman–Crippen MR) is 106 cm³/mol. The van der Waals surface area contributed by atoms with Gasteiger partial charge in [-0.3, -0.25) is 9.69 Å². The first kappa shape index (κ1) is 17.5. The van der Waals surface area contributed by atoms with E-state index in [2.05, 4.69) is 0 Å². The fraction of sp³-hybridized carbons (Fsp3) is 0.158.